The van der Waals surface area contributed by atoms with Crippen LogP contribution in [0.1, 0.15) is 58.4 Å². The molecule has 0 aliphatic carbocycles. The number of carbonyl (C=O) groups excluding carboxylic acids is 2. The zero-order valence-electron chi connectivity index (χ0n) is 28.4. The molecule has 5 rings (SSSR count). The number of carbonyl (C=O) groups is 2. The Morgan fingerprint density at radius 3 is 2.54 bits per heavy atom. The Morgan fingerprint density at radius 2 is 1.85 bits per heavy atom. The van der Waals surface area contributed by atoms with Gasteiger partial charge in [-0.15, -0.1) is 0 Å². The van der Waals surface area contributed by atoms with E-state index in [4.69, 9.17) is 19.2 Å². The molecule has 2 aromatic rings. The maximum Gasteiger partial charge on any atom is 0.410 e. The fraction of sp³-hybridized carbons (Fsp3) is 0.629. The van der Waals surface area contributed by atoms with E-state index in [1.54, 1.807) is 19.2 Å². The highest BCUT2D eigenvalue weighted by atomic mass is 19.1. The molecule has 2 amide bonds. The first-order valence-corrected chi connectivity index (χ1v) is 16.3. The van der Waals surface area contributed by atoms with Gasteiger partial charge in [0.2, 0.25) is 5.91 Å². The third kappa shape index (κ3) is 8.05. The van der Waals surface area contributed by atoms with Gasteiger partial charge >= 0.3 is 6.09 Å². The predicted octanol–water partition coefficient (Wildman–Crippen LogP) is 4.09. The fourth-order valence-corrected chi connectivity index (χ4v) is 6.78. The molecule has 0 N–H and O–H groups in total. The third-order valence-corrected chi connectivity index (χ3v) is 9.19. The molecule has 0 saturated carbocycles. The summed E-state index contributed by atoms with van der Waals surface area (Å²) in [5.41, 5.74) is 2.85. The first kappa shape index (κ1) is 34.2. The van der Waals surface area contributed by atoms with Gasteiger partial charge in [-0.05, 0) is 51.5 Å². The molecule has 1 unspecified atom stereocenters. The van der Waals surface area contributed by atoms with Crippen LogP contribution in [0.25, 0.3) is 0 Å². The van der Waals surface area contributed by atoms with Gasteiger partial charge in [0.1, 0.15) is 11.4 Å². The number of rotatable bonds is 8. The zero-order chi connectivity index (χ0) is 33.2. The molecule has 3 aliphatic heterocycles. The molecule has 10 nitrogen and oxygen atoms in total. The van der Waals surface area contributed by atoms with E-state index in [0.29, 0.717) is 52.4 Å². The van der Waals surface area contributed by atoms with E-state index >= 15 is 0 Å². The number of pyridine rings is 1. The normalized spacial score (nSPS) is 23.8. The second kappa shape index (κ2) is 13.9. The van der Waals surface area contributed by atoms with E-state index in [1.165, 1.54) is 12.1 Å². The number of piperazine rings is 1. The average molecular weight is 640 g/mol. The number of hydrogen-bond donors (Lipinski definition) is 0. The van der Waals surface area contributed by atoms with Crippen molar-refractivity contribution < 1.29 is 28.2 Å². The third-order valence-electron chi connectivity index (χ3n) is 9.19. The summed E-state index contributed by atoms with van der Waals surface area (Å²) in [5.74, 6) is -0.254. The van der Waals surface area contributed by atoms with Crippen molar-refractivity contribution in [1.82, 2.24) is 19.7 Å². The zero-order valence-corrected chi connectivity index (χ0v) is 28.4. The van der Waals surface area contributed by atoms with Gasteiger partial charge in [0.05, 0.1) is 38.1 Å². The van der Waals surface area contributed by atoms with Crippen LogP contribution in [0.15, 0.2) is 36.5 Å². The number of nitrogens with zero attached hydrogens (tertiary/aromatic N) is 5. The summed E-state index contributed by atoms with van der Waals surface area (Å²) in [5, 5.41) is 0. The highest BCUT2D eigenvalue weighted by molar-refractivity contribution is 5.97. The molecule has 2 fully saturated rings. The largest absolute Gasteiger partial charge is 0.444 e. The van der Waals surface area contributed by atoms with Gasteiger partial charge in [0.15, 0.2) is 0 Å². The number of methoxy groups -OCH3 is 1. The Labute approximate surface area is 272 Å². The number of ether oxygens (including phenoxy) is 3. The number of anilines is 1. The Balaban J connectivity index is 1.37. The molecule has 2 saturated heterocycles. The SMILES string of the molecule is COCC1COCCN1C[C@H]1CN(C(=O)OC(C)(C)C)[C@H](C)CN1CC(=O)N1CC(C)(C)c2cnc(Cc3ccc(F)cc3)cc21. The molecule has 1 aromatic carbocycles. The van der Waals surface area contributed by atoms with E-state index in [0.717, 1.165) is 29.1 Å². The molecule has 11 heteroatoms. The summed E-state index contributed by atoms with van der Waals surface area (Å²) in [6.45, 7) is 16.9. The minimum atomic E-state index is -0.604. The number of hydrogen-bond acceptors (Lipinski definition) is 8. The summed E-state index contributed by atoms with van der Waals surface area (Å²) in [6.07, 6.45) is 2.10. The van der Waals surface area contributed by atoms with Crippen LogP contribution in [0.5, 0.6) is 0 Å². The lowest BCUT2D eigenvalue weighted by molar-refractivity contribution is -0.122. The van der Waals surface area contributed by atoms with Crippen LogP contribution in [-0.4, -0.2) is 122 Å². The summed E-state index contributed by atoms with van der Waals surface area (Å²) >= 11 is 0. The van der Waals surface area contributed by atoms with Crippen LogP contribution in [0.2, 0.25) is 0 Å². The molecule has 3 aliphatic rings. The van der Waals surface area contributed by atoms with Crippen molar-refractivity contribution in [3.63, 3.8) is 0 Å². The van der Waals surface area contributed by atoms with Crippen molar-refractivity contribution >= 4 is 17.7 Å². The fourth-order valence-electron chi connectivity index (χ4n) is 6.78. The van der Waals surface area contributed by atoms with Crippen LogP contribution in [0.4, 0.5) is 14.9 Å². The van der Waals surface area contributed by atoms with Gasteiger partial charge in [-0.1, -0.05) is 26.0 Å². The Kier molecular flexibility index (Phi) is 10.4. The second-order valence-corrected chi connectivity index (χ2v) is 14.6. The molecule has 0 spiro atoms. The molecule has 1 aromatic heterocycles. The van der Waals surface area contributed by atoms with Gasteiger partial charge in [-0.2, -0.15) is 0 Å². The van der Waals surface area contributed by atoms with Crippen molar-refractivity contribution in [2.75, 3.05) is 71.1 Å². The van der Waals surface area contributed by atoms with Gasteiger partial charge in [0.25, 0.3) is 0 Å². The molecule has 4 heterocycles. The van der Waals surface area contributed by atoms with Crippen molar-refractivity contribution in [3.05, 3.63) is 59.2 Å². The minimum Gasteiger partial charge on any atom is -0.444 e. The minimum absolute atomic E-state index is 0.0177. The second-order valence-electron chi connectivity index (χ2n) is 14.6. The number of aromatic nitrogens is 1. The highest BCUT2D eigenvalue weighted by Gasteiger charge is 2.42. The van der Waals surface area contributed by atoms with Crippen molar-refractivity contribution in [2.24, 2.45) is 0 Å². The van der Waals surface area contributed by atoms with E-state index in [2.05, 4.69) is 23.6 Å². The molecule has 0 bridgehead atoms. The first-order chi connectivity index (χ1) is 21.7. The Bertz CT molecular complexity index is 1380. The lowest BCUT2D eigenvalue weighted by Gasteiger charge is -2.48. The van der Waals surface area contributed by atoms with E-state index in [9.17, 15) is 14.0 Å². The molecular weight excluding hydrogens is 589 g/mol. The van der Waals surface area contributed by atoms with E-state index < -0.39 is 5.60 Å². The van der Waals surface area contributed by atoms with Crippen molar-refractivity contribution in [1.29, 1.82) is 0 Å². The highest BCUT2D eigenvalue weighted by Crippen LogP contribution is 2.40. The molecule has 0 radical (unpaired) electrons. The molecular formula is C35H50FN5O5. The summed E-state index contributed by atoms with van der Waals surface area (Å²) in [4.78, 5) is 40.6. The Morgan fingerprint density at radius 1 is 1.11 bits per heavy atom. The lowest BCUT2D eigenvalue weighted by Crippen LogP contribution is -2.64. The van der Waals surface area contributed by atoms with Crippen LogP contribution in [-0.2, 0) is 30.8 Å². The maximum atomic E-state index is 14.2. The summed E-state index contributed by atoms with van der Waals surface area (Å²) in [6, 6.07) is 8.32. The smallest absolute Gasteiger partial charge is 0.410 e. The molecule has 3 atom stereocenters. The van der Waals surface area contributed by atoms with Crippen LogP contribution in [0, 0.1) is 5.82 Å². The number of fused-ring (bicyclic) bond motifs is 1. The van der Waals surface area contributed by atoms with E-state index in [1.807, 2.05) is 49.8 Å². The number of halogens is 1. The summed E-state index contributed by atoms with van der Waals surface area (Å²) in [7, 11) is 1.69. The molecule has 46 heavy (non-hydrogen) atoms. The van der Waals surface area contributed by atoms with Crippen molar-refractivity contribution in [2.45, 2.75) is 77.1 Å². The summed E-state index contributed by atoms with van der Waals surface area (Å²) < 4.78 is 30.5. The first-order valence-electron chi connectivity index (χ1n) is 16.3. The number of benzene rings is 1. The van der Waals surface area contributed by atoms with Crippen LogP contribution < -0.4 is 4.90 Å². The average Bonchev–Trinajstić information content (AvgIpc) is 3.25. The quantitative estimate of drug-likeness (QED) is 0.427. The van der Waals surface area contributed by atoms with Gasteiger partial charge < -0.3 is 24.0 Å². The predicted molar refractivity (Wildman–Crippen MR) is 175 cm³/mol. The van der Waals surface area contributed by atoms with Crippen LogP contribution >= 0.6 is 0 Å². The van der Waals surface area contributed by atoms with Gasteiger partial charge in [-0.3, -0.25) is 19.6 Å². The van der Waals surface area contributed by atoms with E-state index in [-0.39, 0.29) is 47.9 Å². The number of morpholine rings is 1. The monoisotopic (exact) mass is 639 g/mol. The van der Waals surface area contributed by atoms with Crippen LogP contribution in [0.3, 0.4) is 0 Å². The topological polar surface area (TPSA) is 87.7 Å². The number of amides is 2. The lowest BCUT2D eigenvalue weighted by atomic mass is 9.88. The maximum absolute atomic E-state index is 14.2. The van der Waals surface area contributed by atoms with Gasteiger partial charge in [0, 0.05) is 81.2 Å². The standard InChI is InChI=1S/C35H50FN5O5/c1-24-17-39(28(19-40(24)33(43)46-34(2,3)4)18-38-12-13-45-22-29(38)21-44-7)20-32(42)41-23-35(5,6)30-16-37-27(15-31(30)41)14-25-8-10-26(36)11-9-25/h8-11,15-16,24,28-29H,12-14,17-23H2,1-7H3/t24-,28+,29?/m1/s1. The Hall–Kier alpha value is -3.12. The van der Waals surface area contributed by atoms with Gasteiger partial charge in [-0.25, -0.2) is 9.18 Å². The van der Waals surface area contributed by atoms with Crippen molar-refractivity contribution in [3.8, 4) is 0 Å². The molecule has 252 valence electrons.